The number of carbonyl (C=O) groups excluding carboxylic acids is 1. The van der Waals surface area contributed by atoms with E-state index in [1.807, 2.05) is 13.0 Å². The Balaban J connectivity index is 2.38. The van der Waals surface area contributed by atoms with Gasteiger partial charge in [0.05, 0.1) is 0 Å². The molecule has 0 bridgehead atoms. The third-order valence-electron chi connectivity index (χ3n) is 3.12. The fourth-order valence-corrected chi connectivity index (χ4v) is 1.95. The van der Waals surface area contributed by atoms with Crippen molar-refractivity contribution in [3.8, 4) is 0 Å². The summed E-state index contributed by atoms with van der Waals surface area (Å²) in [4.78, 5) is 11.5. The summed E-state index contributed by atoms with van der Waals surface area (Å²) in [6.07, 6.45) is 10.1. The van der Waals surface area contributed by atoms with Crippen LogP contribution >= 0.6 is 0 Å². The third-order valence-corrected chi connectivity index (χ3v) is 3.12. The van der Waals surface area contributed by atoms with Crippen molar-refractivity contribution in [2.75, 3.05) is 7.05 Å². The van der Waals surface area contributed by atoms with Crippen LogP contribution < -0.4 is 5.32 Å². The first kappa shape index (κ1) is 11.3. The number of nitrogens with one attached hydrogen (secondary N) is 1. The number of carbonyl (C=O) groups is 1. The summed E-state index contributed by atoms with van der Waals surface area (Å²) in [6.45, 7) is 2.00. The lowest BCUT2D eigenvalue weighted by atomic mass is 9.78. The summed E-state index contributed by atoms with van der Waals surface area (Å²) in [5, 5.41) is 2.75. The standard InChI is InChI=1S/C12H21NO/c1-3-4-8-11(12(14)13-2)9-10-6-5-7-10/h3-4,10-11H,5-9H2,1-2H3,(H,13,14)/b4-3+. The lowest BCUT2D eigenvalue weighted by Crippen LogP contribution is -2.30. The molecule has 1 unspecified atom stereocenters. The number of amides is 1. The third kappa shape index (κ3) is 3.17. The molecule has 2 heteroatoms. The molecule has 0 heterocycles. The number of hydrogen-bond donors (Lipinski definition) is 1. The molecule has 0 aromatic heterocycles. The van der Waals surface area contributed by atoms with E-state index in [-0.39, 0.29) is 11.8 Å². The Labute approximate surface area is 86.8 Å². The van der Waals surface area contributed by atoms with E-state index >= 15 is 0 Å². The molecule has 1 rings (SSSR count). The zero-order valence-corrected chi connectivity index (χ0v) is 9.25. The molecule has 1 amide bonds. The maximum atomic E-state index is 11.5. The Kier molecular flexibility index (Phi) is 4.71. The van der Waals surface area contributed by atoms with Gasteiger partial charge in [0, 0.05) is 13.0 Å². The van der Waals surface area contributed by atoms with E-state index in [1.165, 1.54) is 19.3 Å². The Morgan fingerprint density at radius 1 is 1.57 bits per heavy atom. The van der Waals surface area contributed by atoms with Crippen LogP contribution in [0.1, 0.15) is 39.0 Å². The summed E-state index contributed by atoms with van der Waals surface area (Å²) in [5.41, 5.74) is 0. The summed E-state index contributed by atoms with van der Waals surface area (Å²) in [7, 11) is 1.73. The SMILES string of the molecule is C/C=C/CC(CC1CCC1)C(=O)NC. The van der Waals surface area contributed by atoms with Crippen molar-refractivity contribution in [3.05, 3.63) is 12.2 Å². The largest absolute Gasteiger partial charge is 0.359 e. The lowest BCUT2D eigenvalue weighted by molar-refractivity contribution is -0.125. The van der Waals surface area contributed by atoms with Gasteiger partial charge in [-0.1, -0.05) is 31.4 Å². The molecule has 1 N–H and O–H groups in total. The van der Waals surface area contributed by atoms with E-state index in [0.717, 1.165) is 18.8 Å². The zero-order chi connectivity index (χ0) is 10.4. The highest BCUT2D eigenvalue weighted by Crippen LogP contribution is 2.33. The summed E-state index contributed by atoms with van der Waals surface area (Å²) in [5.74, 6) is 1.21. The highest BCUT2D eigenvalue weighted by atomic mass is 16.1. The van der Waals surface area contributed by atoms with Crippen molar-refractivity contribution in [1.82, 2.24) is 5.32 Å². The van der Waals surface area contributed by atoms with E-state index in [4.69, 9.17) is 0 Å². The van der Waals surface area contributed by atoms with Crippen molar-refractivity contribution in [3.63, 3.8) is 0 Å². The summed E-state index contributed by atoms with van der Waals surface area (Å²) in [6, 6.07) is 0. The predicted octanol–water partition coefficient (Wildman–Crippen LogP) is 2.50. The van der Waals surface area contributed by atoms with Crippen molar-refractivity contribution in [2.45, 2.75) is 39.0 Å². The first-order valence-electron chi connectivity index (χ1n) is 5.60. The van der Waals surface area contributed by atoms with Crippen LogP contribution in [0.5, 0.6) is 0 Å². The molecular formula is C12H21NO. The molecule has 0 aromatic carbocycles. The van der Waals surface area contributed by atoms with Gasteiger partial charge in [0.1, 0.15) is 0 Å². The van der Waals surface area contributed by atoms with Crippen molar-refractivity contribution < 1.29 is 4.79 Å². The van der Waals surface area contributed by atoms with Crippen LogP contribution in [0.15, 0.2) is 12.2 Å². The Morgan fingerprint density at radius 3 is 2.71 bits per heavy atom. The number of allylic oxidation sites excluding steroid dienone is 2. The van der Waals surface area contributed by atoms with Crippen LogP contribution in [0.4, 0.5) is 0 Å². The molecule has 1 aliphatic rings. The summed E-state index contributed by atoms with van der Waals surface area (Å²) < 4.78 is 0. The zero-order valence-electron chi connectivity index (χ0n) is 9.25. The fraction of sp³-hybridized carbons (Fsp3) is 0.750. The van der Waals surface area contributed by atoms with Crippen LogP contribution in [0.2, 0.25) is 0 Å². The average Bonchev–Trinajstić information content (AvgIpc) is 2.14. The van der Waals surface area contributed by atoms with E-state index < -0.39 is 0 Å². The minimum absolute atomic E-state index is 0.196. The van der Waals surface area contributed by atoms with E-state index in [2.05, 4.69) is 11.4 Å². The smallest absolute Gasteiger partial charge is 0.223 e. The van der Waals surface area contributed by atoms with E-state index in [9.17, 15) is 4.79 Å². The second kappa shape index (κ2) is 5.84. The highest BCUT2D eigenvalue weighted by molar-refractivity contribution is 5.78. The minimum Gasteiger partial charge on any atom is -0.359 e. The second-order valence-corrected chi connectivity index (χ2v) is 4.15. The molecule has 0 spiro atoms. The van der Waals surface area contributed by atoms with Gasteiger partial charge in [0.2, 0.25) is 5.91 Å². The van der Waals surface area contributed by atoms with Crippen molar-refractivity contribution in [1.29, 1.82) is 0 Å². The molecule has 1 atom stereocenters. The Bertz CT molecular complexity index is 206. The van der Waals surface area contributed by atoms with E-state index in [0.29, 0.717) is 0 Å². The maximum absolute atomic E-state index is 11.5. The van der Waals surface area contributed by atoms with Gasteiger partial charge in [-0.05, 0) is 25.7 Å². The average molecular weight is 195 g/mol. The maximum Gasteiger partial charge on any atom is 0.223 e. The fourth-order valence-electron chi connectivity index (χ4n) is 1.95. The monoisotopic (exact) mass is 195 g/mol. The number of rotatable bonds is 5. The van der Waals surface area contributed by atoms with Crippen molar-refractivity contribution in [2.24, 2.45) is 11.8 Å². The minimum atomic E-state index is 0.196. The van der Waals surface area contributed by atoms with Gasteiger partial charge in [0.25, 0.3) is 0 Å². The Morgan fingerprint density at radius 2 is 2.29 bits per heavy atom. The highest BCUT2D eigenvalue weighted by Gasteiger charge is 2.24. The molecule has 2 nitrogen and oxygen atoms in total. The second-order valence-electron chi connectivity index (χ2n) is 4.15. The normalized spacial score (nSPS) is 19.3. The molecular weight excluding hydrogens is 174 g/mol. The molecule has 0 radical (unpaired) electrons. The molecule has 1 saturated carbocycles. The van der Waals surface area contributed by atoms with Crippen molar-refractivity contribution >= 4 is 5.91 Å². The van der Waals surface area contributed by atoms with Crippen LogP contribution in [0.25, 0.3) is 0 Å². The molecule has 80 valence electrons. The number of hydrogen-bond acceptors (Lipinski definition) is 1. The van der Waals surface area contributed by atoms with Gasteiger partial charge in [-0.25, -0.2) is 0 Å². The van der Waals surface area contributed by atoms with Crippen LogP contribution in [0.3, 0.4) is 0 Å². The first-order valence-corrected chi connectivity index (χ1v) is 5.60. The molecule has 0 saturated heterocycles. The van der Waals surface area contributed by atoms with Crippen LogP contribution in [-0.4, -0.2) is 13.0 Å². The van der Waals surface area contributed by atoms with Gasteiger partial charge < -0.3 is 5.32 Å². The molecule has 14 heavy (non-hydrogen) atoms. The van der Waals surface area contributed by atoms with Crippen LogP contribution in [-0.2, 0) is 4.79 Å². The van der Waals surface area contributed by atoms with Gasteiger partial charge in [-0.3, -0.25) is 4.79 Å². The molecule has 1 aliphatic carbocycles. The predicted molar refractivity (Wildman–Crippen MR) is 58.9 cm³/mol. The molecule has 0 aromatic rings. The summed E-state index contributed by atoms with van der Waals surface area (Å²) >= 11 is 0. The van der Waals surface area contributed by atoms with Gasteiger partial charge in [-0.2, -0.15) is 0 Å². The van der Waals surface area contributed by atoms with Gasteiger partial charge in [0.15, 0.2) is 0 Å². The topological polar surface area (TPSA) is 29.1 Å². The Hall–Kier alpha value is -0.790. The van der Waals surface area contributed by atoms with Crippen LogP contribution in [0, 0.1) is 11.8 Å². The van der Waals surface area contributed by atoms with Gasteiger partial charge >= 0.3 is 0 Å². The van der Waals surface area contributed by atoms with E-state index in [1.54, 1.807) is 7.05 Å². The molecule has 0 aliphatic heterocycles. The molecule has 1 fully saturated rings. The quantitative estimate of drug-likeness (QED) is 0.671. The lowest BCUT2D eigenvalue weighted by Gasteiger charge is -2.28. The van der Waals surface area contributed by atoms with Gasteiger partial charge in [-0.15, -0.1) is 0 Å². The first-order chi connectivity index (χ1) is 6.77.